The van der Waals surface area contributed by atoms with Crippen LogP contribution in [0.1, 0.15) is 6.42 Å². The van der Waals surface area contributed by atoms with Crippen molar-refractivity contribution in [3.63, 3.8) is 0 Å². The van der Waals surface area contributed by atoms with E-state index >= 15 is 0 Å². The molecule has 0 aliphatic carbocycles. The number of carboxylic acids is 1. The molecule has 7 nitrogen and oxygen atoms in total. The number of carbonyl (C=O) groups excluding carboxylic acids is 1. The summed E-state index contributed by atoms with van der Waals surface area (Å²) < 4.78 is 10.5. The summed E-state index contributed by atoms with van der Waals surface area (Å²) in [6.07, 6.45) is -0.213. The molecule has 3 N–H and O–H groups in total. The topological polar surface area (TPSA) is 96.9 Å². The van der Waals surface area contributed by atoms with Gasteiger partial charge in [0.2, 0.25) is 0 Å². The van der Waals surface area contributed by atoms with Gasteiger partial charge in [-0.15, -0.1) is 0 Å². The first-order chi connectivity index (χ1) is 7.68. The van der Waals surface area contributed by atoms with Gasteiger partial charge in [0.1, 0.15) is 0 Å². The SMILES string of the molecule is O=C(O)CCNC(=O)NCC1COCCO1. The summed E-state index contributed by atoms with van der Waals surface area (Å²) in [6.45, 7) is 2.06. The molecule has 0 radical (unpaired) electrons. The molecule has 0 aromatic carbocycles. The number of hydrogen-bond donors (Lipinski definition) is 3. The largest absolute Gasteiger partial charge is 0.481 e. The molecule has 0 aromatic heterocycles. The molecule has 2 amide bonds. The molecule has 1 aliphatic rings. The molecule has 1 fully saturated rings. The van der Waals surface area contributed by atoms with Crippen LogP contribution in [0.2, 0.25) is 0 Å². The van der Waals surface area contributed by atoms with Gasteiger partial charge in [-0.2, -0.15) is 0 Å². The minimum atomic E-state index is -0.940. The van der Waals surface area contributed by atoms with E-state index in [9.17, 15) is 9.59 Å². The molecule has 0 bridgehead atoms. The summed E-state index contributed by atoms with van der Waals surface area (Å²) in [5.41, 5.74) is 0. The van der Waals surface area contributed by atoms with Crippen LogP contribution in [0.4, 0.5) is 4.79 Å². The molecule has 1 heterocycles. The second-order valence-electron chi connectivity index (χ2n) is 3.35. The van der Waals surface area contributed by atoms with Crippen molar-refractivity contribution in [3.8, 4) is 0 Å². The number of hydrogen-bond acceptors (Lipinski definition) is 4. The van der Waals surface area contributed by atoms with Crippen LogP contribution in [-0.4, -0.2) is 56.1 Å². The Bertz CT molecular complexity index is 240. The maximum atomic E-state index is 11.2. The van der Waals surface area contributed by atoms with Gasteiger partial charge < -0.3 is 25.2 Å². The number of nitrogens with one attached hydrogen (secondary N) is 2. The van der Waals surface area contributed by atoms with Gasteiger partial charge in [-0.3, -0.25) is 4.79 Å². The third kappa shape index (κ3) is 5.52. The predicted octanol–water partition coefficient (Wildman–Crippen LogP) is -0.824. The van der Waals surface area contributed by atoms with Crippen molar-refractivity contribution in [3.05, 3.63) is 0 Å². The van der Waals surface area contributed by atoms with Crippen LogP contribution in [0.5, 0.6) is 0 Å². The highest BCUT2D eigenvalue weighted by atomic mass is 16.6. The Morgan fingerprint density at radius 1 is 1.31 bits per heavy atom. The fourth-order valence-electron chi connectivity index (χ4n) is 1.21. The summed E-state index contributed by atoms with van der Waals surface area (Å²) in [5.74, 6) is -0.940. The molecule has 0 spiro atoms. The summed E-state index contributed by atoms with van der Waals surface area (Å²) >= 11 is 0. The van der Waals surface area contributed by atoms with Crippen LogP contribution in [0, 0.1) is 0 Å². The molecule has 0 aromatic rings. The fraction of sp³-hybridized carbons (Fsp3) is 0.778. The van der Waals surface area contributed by atoms with Gasteiger partial charge in [-0.1, -0.05) is 0 Å². The first-order valence-electron chi connectivity index (χ1n) is 5.11. The standard InChI is InChI=1S/C9H16N2O5/c12-8(13)1-2-10-9(14)11-5-7-6-15-3-4-16-7/h7H,1-6H2,(H,12,13)(H2,10,11,14). The average molecular weight is 232 g/mol. The molecule has 0 saturated carbocycles. The molecule has 1 aliphatic heterocycles. The fourth-order valence-corrected chi connectivity index (χ4v) is 1.21. The summed E-state index contributed by atoms with van der Waals surface area (Å²) in [6, 6.07) is -0.393. The lowest BCUT2D eigenvalue weighted by Crippen LogP contribution is -2.44. The van der Waals surface area contributed by atoms with Gasteiger partial charge in [0.05, 0.1) is 32.3 Å². The van der Waals surface area contributed by atoms with E-state index in [0.717, 1.165) is 0 Å². The van der Waals surface area contributed by atoms with E-state index in [1.54, 1.807) is 0 Å². The highest BCUT2D eigenvalue weighted by Gasteiger charge is 2.14. The maximum absolute atomic E-state index is 11.2. The third-order valence-corrected chi connectivity index (χ3v) is 2.00. The number of aliphatic carboxylic acids is 1. The minimum absolute atomic E-state index is 0.0868. The summed E-state index contributed by atoms with van der Waals surface area (Å²) in [5, 5.41) is 13.4. The van der Waals surface area contributed by atoms with Gasteiger partial charge in [0, 0.05) is 13.1 Å². The lowest BCUT2D eigenvalue weighted by atomic mass is 10.3. The molecule has 16 heavy (non-hydrogen) atoms. The Balaban J connectivity index is 2.02. The van der Waals surface area contributed by atoms with Crippen molar-refractivity contribution in [2.75, 3.05) is 32.9 Å². The van der Waals surface area contributed by atoms with E-state index < -0.39 is 12.0 Å². The molecular weight excluding hydrogens is 216 g/mol. The molecule has 1 atom stereocenters. The van der Waals surface area contributed by atoms with Gasteiger partial charge in [0.15, 0.2) is 0 Å². The Kier molecular flexibility index (Phi) is 5.58. The molecule has 92 valence electrons. The van der Waals surface area contributed by atoms with E-state index in [2.05, 4.69) is 10.6 Å². The number of amides is 2. The Hall–Kier alpha value is -1.34. The van der Waals surface area contributed by atoms with Crippen LogP contribution < -0.4 is 10.6 Å². The van der Waals surface area contributed by atoms with Crippen molar-refractivity contribution in [1.29, 1.82) is 0 Å². The van der Waals surface area contributed by atoms with Crippen LogP contribution in [0.3, 0.4) is 0 Å². The Labute approximate surface area is 93.1 Å². The van der Waals surface area contributed by atoms with Crippen LogP contribution >= 0.6 is 0 Å². The number of ether oxygens (including phenoxy) is 2. The van der Waals surface area contributed by atoms with E-state index in [1.165, 1.54) is 0 Å². The van der Waals surface area contributed by atoms with E-state index in [1.807, 2.05) is 0 Å². The zero-order chi connectivity index (χ0) is 11.8. The summed E-state index contributed by atoms with van der Waals surface area (Å²) in [7, 11) is 0. The lowest BCUT2D eigenvalue weighted by Gasteiger charge is -2.23. The van der Waals surface area contributed by atoms with E-state index in [0.29, 0.717) is 26.4 Å². The monoisotopic (exact) mass is 232 g/mol. The van der Waals surface area contributed by atoms with Crippen molar-refractivity contribution >= 4 is 12.0 Å². The zero-order valence-corrected chi connectivity index (χ0v) is 8.90. The molecular formula is C9H16N2O5. The van der Waals surface area contributed by atoms with Crippen molar-refractivity contribution in [1.82, 2.24) is 10.6 Å². The van der Waals surface area contributed by atoms with Crippen molar-refractivity contribution in [2.45, 2.75) is 12.5 Å². The quantitative estimate of drug-likeness (QED) is 0.575. The van der Waals surface area contributed by atoms with Crippen molar-refractivity contribution < 1.29 is 24.2 Å². The lowest BCUT2D eigenvalue weighted by molar-refractivity contribution is -0.136. The van der Waals surface area contributed by atoms with Crippen molar-refractivity contribution in [2.24, 2.45) is 0 Å². The normalized spacial score (nSPS) is 20.1. The number of carboxylic acid groups (broad SMARTS) is 1. The number of carbonyl (C=O) groups is 2. The van der Waals surface area contributed by atoms with Gasteiger partial charge in [-0.05, 0) is 0 Å². The smallest absolute Gasteiger partial charge is 0.314 e. The minimum Gasteiger partial charge on any atom is -0.481 e. The Morgan fingerprint density at radius 3 is 2.75 bits per heavy atom. The maximum Gasteiger partial charge on any atom is 0.314 e. The first-order valence-corrected chi connectivity index (χ1v) is 5.11. The number of rotatable bonds is 5. The highest BCUT2D eigenvalue weighted by molar-refractivity contribution is 5.74. The first kappa shape index (κ1) is 12.7. The van der Waals surface area contributed by atoms with Crippen LogP contribution in [0.25, 0.3) is 0 Å². The molecule has 1 unspecified atom stereocenters. The van der Waals surface area contributed by atoms with Gasteiger partial charge >= 0.3 is 12.0 Å². The molecule has 7 heteroatoms. The third-order valence-electron chi connectivity index (χ3n) is 2.00. The van der Waals surface area contributed by atoms with Crippen LogP contribution in [0.15, 0.2) is 0 Å². The Morgan fingerprint density at radius 2 is 2.12 bits per heavy atom. The second kappa shape index (κ2) is 7.02. The average Bonchev–Trinajstić information content (AvgIpc) is 2.27. The van der Waals surface area contributed by atoms with Gasteiger partial charge in [0.25, 0.3) is 0 Å². The van der Waals surface area contributed by atoms with E-state index in [-0.39, 0.29) is 19.1 Å². The zero-order valence-electron chi connectivity index (χ0n) is 8.90. The predicted molar refractivity (Wildman–Crippen MR) is 54.2 cm³/mol. The highest BCUT2D eigenvalue weighted by Crippen LogP contribution is 1.98. The second-order valence-corrected chi connectivity index (χ2v) is 3.35. The van der Waals surface area contributed by atoms with E-state index in [4.69, 9.17) is 14.6 Å². The number of urea groups is 1. The van der Waals surface area contributed by atoms with Gasteiger partial charge in [-0.25, -0.2) is 4.79 Å². The van der Waals surface area contributed by atoms with Crippen LogP contribution in [-0.2, 0) is 14.3 Å². The summed E-state index contributed by atoms with van der Waals surface area (Å²) in [4.78, 5) is 21.3. The molecule has 1 rings (SSSR count). The molecule has 1 saturated heterocycles.